The third-order valence-electron chi connectivity index (χ3n) is 1.29. The van der Waals surface area contributed by atoms with Crippen LogP contribution in [0.4, 0.5) is 0 Å². The highest BCUT2D eigenvalue weighted by Gasteiger charge is 1.94. The zero-order valence-electron chi connectivity index (χ0n) is 6.76. The molecule has 0 amide bonds. The third kappa shape index (κ3) is 6.13. The van der Waals surface area contributed by atoms with Gasteiger partial charge in [-0.25, -0.2) is 0 Å². The molecule has 60 valence electrons. The van der Waals surface area contributed by atoms with Crippen LogP contribution in [0, 0.1) is 0 Å². The highest BCUT2D eigenvalue weighted by Crippen LogP contribution is 1.92. The molecule has 0 aromatic carbocycles. The molecular weight excluding hydrogens is 144 g/mol. The predicted molar refractivity (Wildman–Crippen MR) is 49.4 cm³/mol. The lowest BCUT2D eigenvalue weighted by Crippen LogP contribution is -2.16. The molecular formula is C7H16N2S. The molecule has 0 aliphatic rings. The van der Waals surface area contributed by atoms with Gasteiger partial charge in [-0.3, -0.25) is 0 Å². The van der Waals surface area contributed by atoms with E-state index in [0.717, 1.165) is 24.3 Å². The van der Waals surface area contributed by atoms with Crippen LogP contribution in [0.15, 0.2) is 0 Å². The number of nitrogens with zero attached hydrogens (tertiary/aromatic N) is 1. The van der Waals surface area contributed by atoms with E-state index in [2.05, 4.69) is 19.0 Å². The maximum atomic E-state index is 5.33. The smallest absolute Gasteiger partial charge is 0.0242 e. The van der Waals surface area contributed by atoms with Crippen molar-refractivity contribution in [2.45, 2.75) is 12.8 Å². The van der Waals surface area contributed by atoms with E-state index in [1.165, 1.54) is 0 Å². The average Bonchev–Trinajstić information content (AvgIpc) is 1.87. The van der Waals surface area contributed by atoms with Gasteiger partial charge >= 0.3 is 0 Å². The molecule has 10 heavy (non-hydrogen) atoms. The van der Waals surface area contributed by atoms with Crippen molar-refractivity contribution >= 4 is 17.1 Å². The predicted octanol–water partition coefficient (Wildman–Crippen LogP) is 0.657. The Morgan fingerprint density at radius 2 is 2.10 bits per heavy atom. The average molecular weight is 160 g/mol. The summed E-state index contributed by atoms with van der Waals surface area (Å²) in [4.78, 5) is 3.14. The SMILES string of the molecule is CN(C)CCCC(=S)CN. The Morgan fingerprint density at radius 1 is 1.50 bits per heavy atom. The van der Waals surface area contributed by atoms with Crippen LogP contribution in [0.5, 0.6) is 0 Å². The third-order valence-corrected chi connectivity index (χ3v) is 1.66. The van der Waals surface area contributed by atoms with Gasteiger partial charge in [0.05, 0.1) is 0 Å². The first kappa shape index (κ1) is 10.0. The van der Waals surface area contributed by atoms with Crippen LogP contribution in [0.25, 0.3) is 0 Å². The largest absolute Gasteiger partial charge is 0.326 e. The van der Waals surface area contributed by atoms with Crippen molar-refractivity contribution < 1.29 is 0 Å². The standard InChI is InChI=1S/C7H16N2S/c1-9(2)5-3-4-7(10)6-8/h3-6,8H2,1-2H3. The van der Waals surface area contributed by atoms with E-state index in [-0.39, 0.29) is 0 Å². The van der Waals surface area contributed by atoms with Gasteiger partial charge in [-0.1, -0.05) is 12.2 Å². The van der Waals surface area contributed by atoms with E-state index in [1.807, 2.05) is 0 Å². The molecule has 0 rings (SSSR count). The fraction of sp³-hybridized carbons (Fsp3) is 0.857. The van der Waals surface area contributed by atoms with Crippen LogP contribution in [0.3, 0.4) is 0 Å². The molecule has 0 aliphatic carbocycles. The summed E-state index contributed by atoms with van der Waals surface area (Å²) in [7, 11) is 4.12. The molecule has 2 N–H and O–H groups in total. The number of rotatable bonds is 5. The van der Waals surface area contributed by atoms with E-state index in [4.69, 9.17) is 18.0 Å². The normalized spacial score (nSPS) is 10.4. The number of nitrogens with two attached hydrogens (primary N) is 1. The van der Waals surface area contributed by atoms with Gasteiger partial charge in [0, 0.05) is 11.4 Å². The lowest BCUT2D eigenvalue weighted by Gasteiger charge is -2.08. The summed E-state index contributed by atoms with van der Waals surface area (Å²) < 4.78 is 0. The molecule has 0 atom stereocenters. The van der Waals surface area contributed by atoms with Crippen molar-refractivity contribution in [3.05, 3.63) is 0 Å². The van der Waals surface area contributed by atoms with Crippen molar-refractivity contribution in [1.29, 1.82) is 0 Å². The van der Waals surface area contributed by atoms with Crippen molar-refractivity contribution in [3.63, 3.8) is 0 Å². The Kier molecular flexibility index (Phi) is 5.78. The monoisotopic (exact) mass is 160 g/mol. The lowest BCUT2D eigenvalue weighted by molar-refractivity contribution is 0.404. The Balaban J connectivity index is 3.12. The molecule has 0 heterocycles. The maximum Gasteiger partial charge on any atom is 0.0242 e. The molecule has 0 aromatic rings. The Hall–Kier alpha value is 0.01000. The molecule has 0 fully saturated rings. The topological polar surface area (TPSA) is 29.3 Å². The first-order valence-corrected chi connectivity index (χ1v) is 3.94. The number of thiocarbonyl (C=S) groups is 1. The van der Waals surface area contributed by atoms with Gasteiger partial charge < -0.3 is 10.6 Å². The van der Waals surface area contributed by atoms with Crippen LogP contribution in [0.2, 0.25) is 0 Å². The summed E-state index contributed by atoms with van der Waals surface area (Å²) in [6, 6.07) is 0. The van der Waals surface area contributed by atoms with E-state index < -0.39 is 0 Å². The Labute approximate surface area is 68.4 Å². The first-order chi connectivity index (χ1) is 4.66. The van der Waals surface area contributed by atoms with Gasteiger partial charge in [-0.2, -0.15) is 0 Å². The zero-order chi connectivity index (χ0) is 7.98. The van der Waals surface area contributed by atoms with Crippen LogP contribution < -0.4 is 5.73 Å². The van der Waals surface area contributed by atoms with Gasteiger partial charge in [-0.15, -0.1) is 0 Å². The minimum absolute atomic E-state index is 0.558. The summed E-state index contributed by atoms with van der Waals surface area (Å²) in [5, 5.41) is 0. The molecule has 3 heteroatoms. The minimum Gasteiger partial charge on any atom is -0.326 e. The van der Waals surface area contributed by atoms with E-state index >= 15 is 0 Å². The van der Waals surface area contributed by atoms with Crippen LogP contribution in [-0.4, -0.2) is 36.9 Å². The molecule has 0 saturated heterocycles. The van der Waals surface area contributed by atoms with Crippen LogP contribution in [0.1, 0.15) is 12.8 Å². The second-order valence-corrected chi connectivity index (χ2v) is 3.23. The van der Waals surface area contributed by atoms with Crippen LogP contribution >= 0.6 is 12.2 Å². The molecule has 0 unspecified atom stereocenters. The molecule has 0 aliphatic heterocycles. The summed E-state index contributed by atoms with van der Waals surface area (Å²) in [5.74, 6) is 0. The first-order valence-electron chi connectivity index (χ1n) is 3.53. The highest BCUT2D eigenvalue weighted by atomic mass is 32.1. The van der Waals surface area contributed by atoms with Crippen molar-refractivity contribution in [3.8, 4) is 0 Å². The van der Waals surface area contributed by atoms with Gasteiger partial charge in [0.15, 0.2) is 0 Å². The quantitative estimate of drug-likeness (QED) is 0.599. The Morgan fingerprint density at radius 3 is 2.50 bits per heavy atom. The summed E-state index contributed by atoms with van der Waals surface area (Å²) in [6.07, 6.45) is 2.12. The Bertz CT molecular complexity index is 102. The molecule has 0 saturated carbocycles. The minimum atomic E-state index is 0.558. The molecule has 0 radical (unpaired) electrons. The molecule has 2 nitrogen and oxygen atoms in total. The zero-order valence-corrected chi connectivity index (χ0v) is 7.58. The second-order valence-electron chi connectivity index (χ2n) is 2.65. The fourth-order valence-electron chi connectivity index (χ4n) is 0.695. The van der Waals surface area contributed by atoms with E-state index in [1.54, 1.807) is 0 Å². The van der Waals surface area contributed by atoms with E-state index in [0.29, 0.717) is 6.54 Å². The lowest BCUT2D eigenvalue weighted by atomic mass is 10.2. The van der Waals surface area contributed by atoms with Crippen molar-refractivity contribution in [2.24, 2.45) is 5.73 Å². The van der Waals surface area contributed by atoms with Gasteiger partial charge in [-0.05, 0) is 33.5 Å². The van der Waals surface area contributed by atoms with Crippen LogP contribution in [-0.2, 0) is 0 Å². The second kappa shape index (κ2) is 5.77. The summed E-state index contributed by atoms with van der Waals surface area (Å²) in [6.45, 7) is 1.66. The number of hydrogen-bond acceptors (Lipinski definition) is 3. The van der Waals surface area contributed by atoms with Gasteiger partial charge in [0.2, 0.25) is 0 Å². The molecule has 0 bridgehead atoms. The fourth-order valence-corrected chi connectivity index (χ4v) is 0.839. The van der Waals surface area contributed by atoms with Crippen molar-refractivity contribution in [2.75, 3.05) is 27.2 Å². The summed E-state index contributed by atoms with van der Waals surface area (Å²) in [5.41, 5.74) is 5.33. The summed E-state index contributed by atoms with van der Waals surface area (Å²) >= 11 is 4.96. The van der Waals surface area contributed by atoms with Gasteiger partial charge in [0.25, 0.3) is 0 Å². The van der Waals surface area contributed by atoms with E-state index in [9.17, 15) is 0 Å². The van der Waals surface area contributed by atoms with Crippen molar-refractivity contribution in [1.82, 2.24) is 4.90 Å². The number of hydrogen-bond donors (Lipinski definition) is 1. The molecule has 0 aromatic heterocycles. The highest BCUT2D eigenvalue weighted by molar-refractivity contribution is 7.80. The maximum absolute atomic E-state index is 5.33. The van der Waals surface area contributed by atoms with Gasteiger partial charge in [0.1, 0.15) is 0 Å². The molecule has 0 spiro atoms.